The molecule has 1 aliphatic rings. The lowest BCUT2D eigenvalue weighted by Crippen LogP contribution is -2.31. The van der Waals surface area contributed by atoms with Gasteiger partial charge in [0.1, 0.15) is 11.6 Å². The number of hydrogen-bond acceptors (Lipinski definition) is 5. The van der Waals surface area contributed by atoms with Crippen molar-refractivity contribution in [1.82, 2.24) is 4.98 Å². The monoisotopic (exact) mass is 233 g/mol. The molecule has 0 radical (unpaired) electrons. The molecule has 0 unspecified atom stereocenters. The molecule has 5 heteroatoms. The van der Waals surface area contributed by atoms with Gasteiger partial charge in [0.25, 0.3) is 0 Å². The van der Waals surface area contributed by atoms with Crippen molar-refractivity contribution in [2.75, 3.05) is 23.7 Å². The van der Waals surface area contributed by atoms with E-state index in [0.29, 0.717) is 17.7 Å². The predicted molar refractivity (Wildman–Crippen MR) is 65.5 cm³/mol. The van der Waals surface area contributed by atoms with Gasteiger partial charge in [-0.15, -0.1) is 0 Å². The van der Waals surface area contributed by atoms with E-state index < -0.39 is 0 Å². The molecular formula is C12H15N3O2. The van der Waals surface area contributed by atoms with Crippen molar-refractivity contribution in [2.45, 2.75) is 19.3 Å². The number of nitrogens with two attached hydrogens (primary N) is 1. The maximum absolute atomic E-state index is 11.0. The average Bonchev–Trinajstić information content (AvgIpc) is 2.39. The number of carbonyl (C=O) groups excluding carboxylic acids is 2. The summed E-state index contributed by atoms with van der Waals surface area (Å²) in [5, 5.41) is 0. The van der Waals surface area contributed by atoms with Gasteiger partial charge >= 0.3 is 0 Å². The lowest BCUT2D eigenvalue weighted by molar-refractivity contribution is 0.112. The van der Waals surface area contributed by atoms with E-state index in [9.17, 15) is 9.59 Å². The Balaban J connectivity index is 2.40. The second-order valence-electron chi connectivity index (χ2n) is 4.16. The van der Waals surface area contributed by atoms with Gasteiger partial charge in [-0.2, -0.15) is 0 Å². The van der Waals surface area contributed by atoms with Crippen LogP contribution in [-0.2, 0) is 0 Å². The van der Waals surface area contributed by atoms with E-state index >= 15 is 0 Å². The highest BCUT2D eigenvalue weighted by Gasteiger charge is 2.17. The summed E-state index contributed by atoms with van der Waals surface area (Å²) in [4.78, 5) is 28.0. The first kappa shape index (κ1) is 11.6. The number of hydrogen-bond donors (Lipinski definition) is 1. The summed E-state index contributed by atoms with van der Waals surface area (Å²) in [6, 6.07) is 1.51. The van der Waals surface area contributed by atoms with Crippen molar-refractivity contribution in [2.24, 2.45) is 0 Å². The van der Waals surface area contributed by atoms with Crippen LogP contribution in [0.2, 0.25) is 0 Å². The molecule has 90 valence electrons. The van der Waals surface area contributed by atoms with Crippen LogP contribution in [0.15, 0.2) is 6.07 Å². The zero-order valence-electron chi connectivity index (χ0n) is 9.56. The minimum Gasteiger partial charge on any atom is -0.383 e. The van der Waals surface area contributed by atoms with E-state index in [2.05, 4.69) is 9.88 Å². The highest BCUT2D eigenvalue weighted by Crippen LogP contribution is 2.23. The van der Waals surface area contributed by atoms with Crippen LogP contribution in [0, 0.1) is 0 Å². The third kappa shape index (κ3) is 2.27. The summed E-state index contributed by atoms with van der Waals surface area (Å²) in [6.07, 6.45) is 4.73. The first-order valence-corrected chi connectivity index (χ1v) is 5.72. The fourth-order valence-electron chi connectivity index (χ4n) is 2.09. The minimum absolute atomic E-state index is 0.186. The highest BCUT2D eigenvalue weighted by molar-refractivity contribution is 5.90. The largest absolute Gasteiger partial charge is 0.383 e. The first-order valence-electron chi connectivity index (χ1n) is 5.72. The number of pyridine rings is 1. The molecule has 0 saturated carbocycles. The highest BCUT2D eigenvalue weighted by atomic mass is 16.1. The van der Waals surface area contributed by atoms with Crippen molar-refractivity contribution in [1.29, 1.82) is 0 Å². The normalized spacial score (nSPS) is 15.6. The quantitative estimate of drug-likeness (QED) is 0.796. The van der Waals surface area contributed by atoms with Gasteiger partial charge in [0.2, 0.25) is 0 Å². The van der Waals surface area contributed by atoms with Crippen LogP contribution in [0.5, 0.6) is 0 Å². The standard InChI is InChI=1S/C12H15N3O2/c13-11-9(7-16)6-10(8-17)12(14-11)15-4-2-1-3-5-15/h6-8H,1-5H2,(H2,13,14). The molecule has 1 saturated heterocycles. The number of piperidine rings is 1. The molecule has 1 aliphatic heterocycles. The summed E-state index contributed by atoms with van der Waals surface area (Å²) >= 11 is 0. The molecule has 1 aromatic heterocycles. The number of rotatable bonds is 3. The Bertz CT molecular complexity index is 440. The number of carbonyl (C=O) groups is 2. The maximum Gasteiger partial charge on any atom is 0.153 e. The van der Waals surface area contributed by atoms with E-state index in [-0.39, 0.29) is 11.4 Å². The topological polar surface area (TPSA) is 76.3 Å². The third-order valence-corrected chi connectivity index (χ3v) is 3.00. The number of nitrogens with zero attached hydrogens (tertiary/aromatic N) is 2. The van der Waals surface area contributed by atoms with Crippen LogP contribution in [0.25, 0.3) is 0 Å². The fraction of sp³-hybridized carbons (Fsp3) is 0.417. The molecule has 0 spiro atoms. The van der Waals surface area contributed by atoms with Crippen LogP contribution in [0.3, 0.4) is 0 Å². The summed E-state index contributed by atoms with van der Waals surface area (Å²) in [5.74, 6) is 0.786. The van der Waals surface area contributed by atoms with Crippen molar-refractivity contribution in [3.63, 3.8) is 0 Å². The van der Waals surface area contributed by atoms with Crippen LogP contribution in [-0.4, -0.2) is 30.6 Å². The van der Waals surface area contributed by atoms with Crippen molar-refractivity contribution in [3.05, 3.63) is 17.2 Å². The zero-order chi connectivity index (χ0) is 12.3. The molecule has 17 heavy (non-hydrogen) atoms. The van der Waals surface area contributed by atoms with Gasteiger partial charge in [-0.1, -0.05) is 0 Å². The predicted octanol–water partition coefficient (Wildman–Crippen LogP) is 1.28. The number of aldehydes is 2. The van der Waals surface area contributed by atoms with Gasteiger partial charge in [0, 0.05) is 13.1 Å². The van der Waals surface area contributed by atoms with E-state index in [1.807, 2.05) is 0 Å². The van der Waals surface area contributed by atoms with Gasteiger partial charge in [-0.05, 0) is 25.3 Å². The molecule has 0 bridgehead atoms. The molecule has 2 rings (SSSR count). The van der Waals surface area contributed by atoms with Crippen molar-refractivity contribution in [3.8, 4) is 0 Å². The van der Waals surface area contributed by atoms with Gasteiger partial charge < -0.3 is 10.6 Å². The Hall–Kier alpha value is -1.91. The molecule has 1 aromatic rings. The smallest absolute Gasteiger partial charge is 0.153 e. The summed E-state index contributed by atoms with van der Waals surface area (Å²) in [7, 11) is 0. The Kier molecular flexibility index (Phi) is 3.37. The Morgan fingerprint density at radius 1 is 1.12 bits per heavy atom. The zero-order valence-corrected chi connectivity index (χ0v) is 9.56. The Morgan fingerprint density at radius 2 is 1.76 bits per heavy atom. The van der Waals surface area contributed by atoms with Gasteiger partial charge in [-0.3, -0.25) is 9.59 Å². The first-order chi connectivity index (χ1) is 8.26. The molecule has 0 amide bonds. The van der Waals surface area contributed by atoms with Crippen LogP contribution in [0.4, 0.5) is 11.6 Å². The molecular weight excluding hydrogens is 218 g/mol. The third-order valence-electron chi connectivity index (χ3n) is 3.00. The van der Waals surface area contributed by atoms with E-state index in [0.717, 1.165) is 32.2 Å². The molecule has 0 aromatic carbocycles. The van der Waals surface area contributed by atoms with Gasteiger partial charge in [0.15, 0.2) is 12.6 Å². The van der Waals surface area contributed by atoms with E-state index in [1.54, 1.807) is 0 Å². The van der Waals surface area contributed by atoms with Crippen molar-refractivity contribution < 1.29 is 9.59 Å². The molecule has 1 fully saturated rings. The minimum atomic E-state index is 0.186. The molecule has 5 nitrogen and oxygen atoms in total. The number of nitrogen functional groups attached to an aromatic ring is 1. The SMILES string of the molecule is Nc1nc(N2CCCCC2)c(C=O)cc1C=O. The average molecular weight is 233 g/mol. The fourth-order valence-corrected chi connectivity index (χ4v) is 2.09. The molecule has 2 heterocycles. The Morgan fingerprint density at radius 3 is 2.35 bits per heavy atom. The van der Waals surface area contributed by atoms with Crippen LogP contribution >= 0.6 is 0 Å². The maximum atomic E-state index is 11.0. The molecule has 2 N–H and O–H groups in total. The van der Waals surface area contributed by atoms with E-state index in [1.165, 1.54) is 12.5 Å². The van der Waals surface area contributed by atoms with Crippen LogP contribution < -0.4 is 10.6 Å². The lowest BCUT2D eigenvalue weighted by Gasteiger charge is -2.28. The van der Waals surface area contributed by atoms with Crippen LogP contribution in [0.1, 0.15) is 40.0 Å². The number of anilines is 2. The second-order valence-corrected chi connectivity index (χ2v) is 4.16. The summed E-state index contributed by atoms with van der Waals surface area (Å²) in [5.41, 5.74) is 6.38. The van der Waals surface area contributed by atoms with E-state index in [4.69, 9.17) is 5.73 Å². The van der Waals surface area contributed by atoms with Gasteiger partial charge in [0.05, 0.1) is 11.1 Å². The Labute approximate surface area is 99.6 Å². The molecule has 0 aliphatic carbocycles. The second kappa shape index (κ2) is 4.95. The van der Waals surface area contributed by atoms with Gasteiger partial charge in [-0.25, -0.2) is 4.98 Å². The summed E-state index contributed by atoms with van der Waals surface area (Å²) < 4.78 is 0. The molecule has 0 atom stereocenters. The number of aromatic nitrogens is 1. The lowest BCUT2D eigenvalue weighted by atomic mass is 10.1. The van der Waals surface area contributed by atoms with Crippen molar-refractivity contribution >= 4 is 24.2 Å². The summed E-state index contributed by atoms with van der Waals surface area (Å²) in [6.45, 7) is 1.77.